The molecule has 0 aliphatic carbocycles. The van der Waals surface area contributed by atoms with Crippen LogP contribution in [-0.4, -0.2) is 205 Å². The number of nitroso groups, excluding NO2 is 1. The van der Waals surface area contributed by atoms with E-state index in [4.69, 9.17) is 28.8 Å². The van der Waals surface area contributed by atoms with E-state index in [1.165, 1.54) is 30.4 Å². The van der Waals surface area contributed by atoms with Gasteiger partial charge in [-0.15, -0.1) is 23.2 Å². The Kier molecular flexibility index (Phi) is 36.1. The maximum absolute atomic E-state index is 15.0. The van der Waals surface area contributed by atoms with Crippen LogP contribution in [-0.2, 0) is 80.0 Å². The number of allylic oxidation sites excluding steroid dienone is 1. The van der Waals surface area contributed by atoms with Gasteiger partial charge in [0.2, 0.25) is 65.0 Å². The van der Waals surface area contributed by atoms with E-state index in [0.29, 0.717) is 15.6 Å². The maximum Gasteiger partial charge on any atom is 0.303 e. The summed E-state index contributed by atoms with van der Waals surface area (Å²) in [4.78, 5) is 220. The molecule has 0 bridgehead atoms. The Balaban J connectivity index is 1.82. The Labute approximate surface area is 601 Å². The lowest BCUT2D eigenvalue weighted by molar-refractivity contribution is -0.140. The van der Waals surface area contributed by atoms with Crippen LogP contribution in [0.3, 0.4) is 0 Å². The Morgan fingerprint density at radius 3 is 1.97 bits per heavy atom. The zero-order valence-electron chi connectivity index (χ0n) is 58.9. The first-order valence-corrected chi connectivity index (χ1v) is 35.3. The van der Waals surface area contributed by atoms with Crippen LogP contribution in [0.4, 0.5) is 0 Å². The van der Waals surface area contributed by atoms with Crippen LogP contribution in [0.15, 0.2) is 65.7 Å². The SMILES string of the molecule is C=CCC(C)C1NC(=O)C(CCCN)NC(=O)C(NC(=O)C(NC(=O)C(CCC(=O)O)NC(=O)C(CC(C)N)NC(=O)C2CSC(C(N)C(C)CC)=N2)C(C)CC)CCCCN(N)C(=O)C(CC(N)=O)NC(=O)C(CC(=O)N=O)NC(=O)C(Cc2cnc[nH]2)NC(=O)C(Cc2ccccc2)NC1=O. The van der Waals surface area contributed by atoms with E-state index in [2.05, 4.69) is 79.9 Å². The highest BCUT2D eigenvalue weighted by Crippen LogP contribution is 2.25. The van der Waals surface area contributed by atoms with E-state index in [0.717, 1.165) is 6.42 Å². The molecule has 36 nitrogen and oxygen atoms in total. The van der Waals surface area contributed by atoms with Gasteiger partial charge in [-0.1, -0.05) is 83.9 Å². The number of rotatable bonds is 32. The van der Waals surface area contributed by atoms with Crippen molar-refractivity contribution < 1.29 is 72.2 Å². The molecule has 1 saturated heterocycles. The number of carboxylic acid groups (broad SMARTS) is 1. The minimum Gasteiger partial charge on any atom is -0.481 e. The van der Waals surface area contributed by atoms with E-state index in [1.807, 2.05) is 13.8 Å². The lowest BCUT2D eigenvalue weighted by atomic mass is 9.95. The average molecular weight is 1460 g/mol. The molecule has 16 unspecified atom stereocenters. The average Bonchev–Trinajstić information content (AvgIpc) is 1.80. The zero-order chi connectivity index (χ0) is 76.6. The van der Waals surface area contributed by atoms with Crippen molar-refractivity contribution >= 4 is 99.6 Å². The lowest BCUT2D eigenvalue weighted by Gasteiger charge is -2.30. The number of benzene rings is 1. The summed E-state index contributed by atoms with van der Waals surface area (Å²) in [5.41, 5.74) is 24.8. The second-order valence-corrected chi connectivity index (χ2v) is 27.0. The van der Waals surface area contributed by atoms with Crippen molar-refractivity contribution in [1.29, 1.82) is 0 Å². The highest BCUT2D eigenvalue weighted by molar-refractivity contribution is 8.14. The van der Waals surface area contributed by atoms with Gasteiger partial charge >= 0.3 is 5.97 Å². The molecule has 0 radical (unpaired) electrons. The van der Waals surface area contributed by atoms with Crippen LogP contribution in [0, 0.1) is 22.7 Å². The van der Waals surface area contributed by atoms with Gasteiger partial charge < -0.3 is 86.2 Å². The van der Waals surface area contributed by atoms with Gasteiger partial charge in [-0.05, 0) is 88.2 Å². The normalized spacial score (nSPS) is 23.1. The largest absolute Gasteiger partial charge is 0.481 e. The number of nitrogens with two attached hydrogens (primary N) is 5. The van der Waals surface area contributed by atoms with Gasteiger partial charge in [0.25, 0.3) is 11.8 Å². The number of thioether (sulfide) groups is 1. The third-order valence-corrected chi connectivity index (χ3v) is 18.7. The first kappa shape index (κ1) is 85.8. The third kappa shape index (κ3) is 28.3. The number of nitrogens with zero attached hydrogens (tertiary/aromatic N) is 4. The molecule has 103 heavy (non-hydrogen) atoms. The number of aliphatic carboxylic acids is 1. The quantitative estimate of drug-likeness (QED) is 0.0150. The predicted octanol–water partition coefficient (Wildman–Crippen LogP) is -3.03. The number of H-pyrrole nitrogens is 1. The molecule has 568 valence electrons. The van der Waals surface area contributed by atoms with Gasteiger partial charge in [-0.25, -0.2) is 10.8 Å². The summed E-state index contributed by atoms with van der Waals surface area (Å²) >= 11 is 1.31. The third-order valence-electron chi connectivity index (χ3n) is 17.6. The van der Waals surface area contributed by atoms with Crippen molar-refractivity contribution in [3.8, 4) is 0 Å². The number of carbonyl (C=O) groups is 14. The molecule has 13 amide bonds. The lowest BCUT2D eigenvalue weighted by Crippen LogP contribution is -2.62. The molecule has 1 aromatic carbocycles. The Morgan fingerprint density at radius 1 is 0.757 bits per heavy atom. The monoisotopic (exact) mass is 1460 g/mol. The van der Waals surface area contributed by atoms with E-state index in [9.17, 15) is 77.1 Å². The summed E-state index contributed by atoms with van der Waals surface area (Å²) in [7, 11) is 0. The van der Waals surface area contributed by atoms with Gasteiger partial charge in [-0.2, -0.15) is 0 Å². The second-order valence-electron chi connectivity index (χ2n) is 26.0. The summed E-state index contributed by atoms with van der Waals surface area (Å²) in [6.45, 7) is 13.7. The van der Waals surface area contributed by atoms with Crippen LogP contribution in [0.25, 0.3) is 0 Å². The maximum atomic E-state index is 15.0. The predicted molar refractivity (Wildman–Crippen MR) is 379 cm³/mol. The fourth-order valence-electron chi connectivity index (χ4n) is 11.1. The Morgan fingerprint density at radius 2 is 1.37 bits per heavy atom. The molecular weight excluding hydrogens is 1360 g/mol. The van der Waals surface area contributed by atoms with Crippen molar-refractivity contribution in [1.82, 2.24) is 68.1 Å². The molecule has 0 saturated carbocycles. The molecule has 1 aromatic heterocycles. The van der Waals surface area contributed by atoms with Gasteiger partial charge in [0, 0.05) is 54.7 Å². The van der Waals surface area contributed by atoms with Gasteiger partial charge in [-0.3, -0.25) is 77.1 Å². The van der Waals surface area contributed by atoms with E-state index >= 15 is 0 Å². The number of primary amides is 1. The van der Waals surface area contributed by atoms with Crippen LogP contribution < -0.4 is 81.9 Å². The first-order valence-electron chi connectivity index (χ1n) is 34.3. The number of imidazole rings is 1. The van der Waals surface area contributed by atoms with E-state index in [1.54, 1.807) is 58.0 Å². The molecule has 1 fully saturated rings. The highest BCUT2D eigenvalue weighted by atomic mass is 32.2. The second kappa shape index (κ2) is 43.4. The molecule has 22 N–H and O–H groups in total. The number of nitrogens with one attached hydrogen (secondary N) is 11. The minimum absolute atomic E-state index is 0.00528. The molecule has 3 heterocycles. The highest BCUT2D eigenvalue weighted by Gasteiger charge is 2.40. The number of carbonyl (C=O) groups excluding carboxylic acids is 13. The number of aromatic amines is 1. The van der Waals surface area contributed by atoms with Crippen molar-refractivity contribution in [2.75, 3.05) is 18.8 Å². The molecule has 2 aliphatic rings. The summed E-state index contributed by atoms with van der Waals surface area (Å²) in [5, 5.41) is 39.0. The first-order chi connectivity index (χ1) is 48.8. The number of hydrogen-bond acceptors (Lipinski definition) is 22. The number of aliphatic imine (C=N–C) groups is 1. The van der Waals surface area contributed by atoms with Crippen LogP contribution >= 0.6 is 11.8 Å². The van der Waals surface area contributed by atoms with Crippen molar-refractivity contribution in [3.63, 3.8) is 0 Å². The van der Waals surface area contributed by atoms with Crippen LogP contribution in [0.5, 0.6) is 0 Å². The number of amides is 13. The van der Waals surface area contributed by atoms with E-state index in [-0.39, 0.29) is 88.1 Å². The summed E-state index contributed by atoms with van der Waals surface area (Å²) in [6.07, 6.45) is 0.579. The molecule has 2 aliphatic heterocycles. The van der Waals surface area contributed by atoms with Gasteiger partial charge in [0.15, 0.2) is 0 Å². The van der Waals surface area contributed by atoms with Crippen LogP contribution in [0.1, 0.15) is 136 Å². The zero-order valence-corrected chi connectivity index (χ0v) is 59.8. The number of hydrazine groups is 1. The standard InChI is InChI=1S/C66H102N20O16S/c1-8-17-36(6)54-64(100)80-44(27-38-18-12-11-13-19-38)59(95)78-45(28-39-31-72-33-73-39)60(96)79-46(30-50(88)85-102)61(97)81-47(29-49(69)87)66(101)86(71)25-15-14-20-40(55(91)74-41(21-16-24-67)56(92)84-54)76-63(99)53(35(5)10-3)83-57(93)42(22-23-51(89)90)75-58(94)43(26-37(7)68)77-62(98)48-32-103-65(82-48)52(70)34(4)9-2/h8,11-13,18-19,31,33-37,40-48,52-54H,1,9-10,14-17,20-30,32,67-68,70-71H2,2-7H3,(H2,69,87)(H,72,73)(H,74,91)(H,75,94)(H,76,99)(H,77,98)(H,78,95)(H,79,96)(H,80,100)(H,81,97)(H,83,93)(H,84,92)(H,89,90). The van der Waals surface area contributed by atoms with Gasteiger partial charge in [0.1, 0.15) is 66.5 Å². The Hall–Kier alpha value is -9.59. The van der Waals surface area contributed by atoms with Crippen molar-refractivity contribution in [3.05, 3.63) is 71.7 Å². The fraction of sp³-hybridized carbons (Fsp3) is 0.606. The molecule has 2 aromatic rings. The smallest absolute Gasteiger partial charge is 0.303 e. The molecule has 0 spiro atoms. The van der Waals surface area contributed by atoms with Crippen molar-refractivity contribution in [2.24, 2.45) is 56.7 Å². The summed E-state index contributed by atoms with van der Waals surface area (Å²) < 4.78 is 0. The molecule has 4 rings (SSSR count). The van der Waals surface area contributed by atoms with Crippen molar-refractivity contribution in [2.45, 2.75) is 216 Å². The molecule has 37 heteroatoms. The number of hydrogen-bond donors (Lipinski definition) is 17. The fourth-order valence-corrected chi connectivity index (χ4v) is 12.3. The number of aromatic nitrogens is 2. The van der Waals surface area contributed by atoms with Gasteiger partial charge in [0.05, 0.1) is 30.3 Å². The molecular formula is C66H102N20O16S. The minimum atomic E-state index is -2.03. The number of carboxylic acids is 1. The summed E-state index contributed by atoms with van der Waals surface area (Å²) in [5.74, 6) is -9.98. The Bertz CT molecular complexity index is 3310. The summed E-state index contributed by atoms with van der Waals surface area (Å²) in [6, 6.07) is -10.1. The topological polar surface area (TPSA) is 583 Å². The molecule has 16 atom stereocenters. The van der Waals surface area contributed by atoms with E-state index < -0.39 is 205 Å². The van der Waals surface area contributed by atoms with Crippen LogP contribution in [0.2, 0.25) is 0 Å².